The van der Waals surface area contributed by atoms with Crippen molar-refractivity contribution in [3.63, 3.8) is 0 Å². The van der Waals surface area contributed by atoms with Crippen LogP contribution in [0.5, 0.6) is 0 Å². The molecule has 0 unspecified atom stereocenters. The molecule has 38 heavy (non-hydrogen) atoms. The SMILES string of the molecule is CN=C(NC12CC3CC(CC(C3)C1)C2)C12CC3CC(C1)CC(C(=NC)NC14CC5CC(CC(C5)C1)C4)(C3)C2. The van der Waals surface area contributed by atoms with Gasteiger partial charge in [-0.05, 0) is 163 Å². The normalized spacial score (nSPS) is 57.6. The summed E-state index contributed by atoms with van der Waals surface area (Å²) >= 11 is 0. The lowest BCUT2D eigenvalue weighted by molar-refractivity contribution is -0.0549. The van der Waals surface area contributed by atoms with E-state index >= 15 is 0 Å². The molecule has 0 amide bonds. The molecule has 12 rings (SSSR count). The van der Waals surface area contributed by atoms with Gasteiger partial charge in [0, 0.05) is 36.0 Å². The fraction of sp³-hybridized carbons (Fsp3) is 0.941. The van der Waals surface area contributed by atoms with E-state index in [1.807, 2.05) is 0 Å². The molecule has 0 aromatic rings. The molecule has 0 atom stereocenters. The molecular weight excluding hydrogens is 464 g/mol. The Morgan fingerprint density at radius 1 is 0.447 bits per heavy atom. The first kappa shape index (κ1) is 23.6. The lowest BCUT2D eigenvalue weighted by Gasteiger charge is -2.65. The first-order valence-corrected chi connectivity index (χ1v) is 16.9. The van der Waals surface area contributed by atoms with Gasteiger partial charge < -0.3 is 10.6 Å². The smallest absolute Gasteiger partial charge is 0.103 e. The molecule has 4 nitrogen and oxygen atoms in total. The Labute approximate surface area is 231 Å². The first-order chi connectivity index (χ1) is 18.4. The van der Waals surface area contributed by atoms with Crippen molar-refractivity contribution in [1.82, 2.24) is 10.6 Å². The van der Waals surface area contributed by atoms with Crippen molar-refractivity contribution in [2.75, 3.05) is 14.1 Å². The Bertz CT molecular complexity index is 904. The number of hydrogen-bond acceptors (Lipinski definition) is 2. The fourth-order valence-electron chi connectivity index (χ4n) is 14.7. The highest BCUT2D eigenvalue weighted by Gasteiger charge is 2.63. The Balaban J connectivity index is 1.02. The summed E-state index contributed by atoms with van der Waals surface area (Å²) in [7, 11) is 4.24. The van der Waals surface area contributed by atoms with E-state index in [1.165, 1.54) is 127 Å². The summed E-state index contributed by atoms with van der Waals surface area (Å²) < 4.78 is 0. The maximum absolute atomic E-state index is 5.20. The third-order valence-electron chi connectivity index (χ3n) is 14.4. The van der Waals surface area contributed by atoms with Gasteiger partial charge in [0.25, 0.3) is 0 Å². The van der Waals surface area contributed by atoms with E-state index in [4.69, 9.17) is 9.98 Å². The molecular formula is C34H52N4. The molecule has 4 heteroatoms. The van der Waals surface area contributed by atoms with Gasteiger partial charge >= 0.3 is 0 Å². The van der Waals surface area contributed by atoms with Crippen LogP contribution in [-0.2, 0) is 0 Å². The first-order valence-electron chi connectivity index (χ1n) is 16.9. The number of amidine groups is 2. The summed E-state index contributed by atoms with van der Waals surface area (Å²) in [6.45, 7) is 0. The minimum Gasteiger partial charge on any atom is -0.368 e. The second-order valence-corrected chi connectivity index (χ2v) is 17.3. The quantitative estimate of drug-likeness (QED) is 0.321. The van der Waals surface area contributed by atoms with Crippen LogP contribution in [0.4, 0.5) is 0 Å². The predicted octanol–water partition coefficient (Wildman–Crippen LogP) is 6.75. The van der Waals surface area contributed by atoms with Crippen molar-refractivity contribution in [2.24, 2.45) is 68.2 Å². The van der Waals surface area contributed by atoms with E-state index in [0.29, 0.717) is 11.1 Å². The maximum atomic E-state index is 5.20. The van der Waals surface area contributed by atoms with Crippen LogP contribution in [0.1, 0.15) is 116 Å². The second-order valence-electron chi connectivity index (χ2n) is 17.3. The number of hydrogen-bond donors (Lipinski definition) is 2. The van der Waals surface area contributed by atoms with Crippen molar-refractivity contribution in [2.45, 2.75) is 127 Å². The van der Waals surface area contributed by atoms with Gasteiger partial charge in [0.1, 0.15) is 11.7 Å². The van der Waals surface area contributed by atoms with E-state index in [2.05, 4.69) is 24.7 Å². The van der Waals surface area contributed by atoms with Gasteiger partial charge in [-0.15, -0.1) is 0 Å². The van der Waals surface area contributed by atoms with Crippen LogP contribution < -0.4 is 10.6 Å². The summed E-state index contributed by atoms with van der Waals surface area (Å²) in [5.74, 6) is 10.5. The van der Waals surface area contributed by atoms with E-state index in [9.17, 15) is 0 Å². The summed E-state index contributed by atoms with van der Waals surface area (Å²) in [6, 6.07) is 0. The molecule has 12 bridgehead atoms. The number of nitrogens with zero attached hydrogens (tertiary/aromatic N) is 2. The van der Waals surface area contributed by atoms with Gasteiger partial charge in [-0.1, -0.05) is 0 Å². The molecule has 12 fully saturated rings. The van der Waals surface area contributed by atoms with Crippen LogP contribution in [0.15, 0.2) is 9.98 Å². The standard InChI is InChI=1S/C34H52N4/c1-35-29(37-33-14-21-3-22(15-33)5-23(4-21)16-33)31-10-27-9-28(11-31)13-32(12-27,20-31)30(36-2)38-34-17-24-6-25(18-34)8-26(7-24)19-34/h21-28H,3-20H2,1-2H3,(H,35,37)(H,36,38). The highest BCUT2D eigenvalue weighted by atomic mass is 15.1. The largest absolute Gasteiger partial charge is 0.368 e. The van der Waals surface area contributed by atoms with Crippen LogP contribution in [-0.4, -0.2) is 36.8 Å². The summed E-state index contributed by atoms with van der Waals surface area (Å²) in [6.07, 6.45) is 25.9. The summed E-state index contributed by atoms with van der Waals surface area (Å²) in [4.78, 5) is 10.4. The monoisotopic (exact) mass is 516 g/mol. The predicted molar refractivity (Wildman–Crippen MR) is 154 cm³/mol. The lowest BCUT2D eigenvalue weighted by Crippen LogP contribution is -2.68. The topological polar surface area (TPSA) is 48.8 Å². The highest BCUT2D eigenvalue weighted by molar-refractivity contribution is 5.94. The van der Waals surface area contributed by atoms with Gasteiger partial charge in [0.2, 0.25) is 0 Å². The molecule has 12 aliphatic rings. The van der Waals surface area contributed by atoms with Crippen LogP contribution >= 0.6 is 0 Å². The molecule has 0 aliphatic heterocycles. The summed E-state index contributed by atoms with van der Waals surface area (Å²) in [5, 5.41) is 8.72. The molecule has 12 saturated carbocycles. The minimum atomic E-state index is 0.265. The van der Waals surface area contributed by atoms with Crippen molar-refractivity contribution in [3.05, 3.63) is 0 Å². The van der Waals surface area contributed by atoms with Crippen molar-refractivity contribution in [1.29, 1.82) is 0 Å². The molecule has 2 N–H and O–H groups in total. The van der Waals surface area contributed by atoms with E-state index in [1.54, 1.807) is 0 Å². The highest BCUT2D eigenvalue weighted by Crippen LogP contribution is 2.67. The second kappa shape index (κ2) is 7.81. The zero-order valence-corrected chi connectivity index (χ0v) is 24.2. The van der Waals surface area contributed by atoms with Crippen molar-refractivity contribution < 1.29 is 0 Å². The van der Waals surface area contributed by atoms with Gasteiger partial charge in [-0.25, -0.2) is 0 Å². The van der Waals surface area contributed by atoms with E-state index in [-0.39, 0.29) is 10.8 Å². The number of rotatable bonds is 4. The maximum Gasteiger partial charge on any atom is 0.103 e. The molecule has 0 aromatic heterocycles. The van der Waals surface area contributed by atoms with Gasteiger partial charge in [-0.3, -0.25) is 9.98 Å². The van der Waals surface area contributed by atoms with Gasteiger partial charge in [0.05, 0.1) is 0 Å². The summed E-state index contributed by atoms with van der Waals surface area (Å²) in [5.41, 5.74) is 1.25. The average molecular weight is 517 g/mol. The molecule has 0 radical (unpaired) electrons. The average Bonchev–Trinajstić information content (AvgIpc) is 2.83. The van der Waals surface area contributed by atoms with E-state index < -0.39 is 0 Å². The Morgan fingerprint density at radius 3 is 1.03 bits per heavy atom. The molecule has 0 saturated heterocycles. The Morgan fingerprint density at radius 2 is 0.737 bits per heavy atom. The Hall–Kier alpha value is -1.06. The molecule has 208 valence electrons. The van der Waals surface area contributed by atoms with Gasteiger partial charge in [0.15, 0.2) is 0 Å². The van der Waals surface area contributed by atoms with Crippen LogP contribution in [0, 0.1) is 58.2 Å². The van der Waals surface area contributed by atoms with Crippen LogP contribution in [0.2, 0.25) is 0 Å². The Kier molecular flexibility index (Phi) is 4.86. The molecule has 0 heterocycles. The van der Waals surface area contributed by atoms with Crippen LogP contribution in [0.3, 0.4) is 0 Å². The third-order valence-corrected chi connectivity index (χ3v) is 14.4. The molecule has 0 spiro atoms. The van der Waals surface area contributed by atoms with Gasteiger partial charge in [-0.2, -0.15) is 0 Å². The molecule has 0 aromatic carbocycles. The van der Waals surface area contributed by atoms with E-state index in [0.717, 1.165) is 47.3 Å². The van der Waals surface area contributed by atoms with Crippen molar-refractivity contribution in [3.8, 4) is 0 Å². The third kappa shape index (κ3) is 3.39. The van der Waals surface area contributed by atoms with Crippen LogP contribution in [0.25, 0.3) is 0 Å². The zero-order valence-electron chi connectivity index (χ0n) is 24.2. The molecule has 12 aliphatic carbocycles. The number of nitrogens with one attached hydrogen (secondary N) is 2. The van der Waals surface area contributed by atoms with Crippen molar-refractivity contribution >= 4 is 11.7 Å². The fourth-order valence-corrected chi connectivity index (χ4v) is 14.7. The zero-order chi connectivity index (χ0) is 25.3. The lowest BCUT2D eigenvalue weighted by atomic mass is 9.43. The number of aliphatic imine (C=N–C) groups is 2. The minimum absolute atomic E-state index is 0.265.